The van der Waals surface area contributed by atoms with Gasteiger partial charge in [-0.3, -0.25) is 4.79 Å². The third kappa shape index (κ3) is 3.51. The van der Waals surface area contributed by atoms with Gasteiger partial charge < -0.3 is 0 Å². The number of nitrogens with one attached hydrogen (secondary N) is 1. The van der Waals surface area contributed by atoms with Crippen LogP contribution in [0.4, 0.5) is 0 Å². The summed E-state index contributed by atoms with van der Waals surface area (Å²) in [6.45, 7) is 4.13. The van der Waals surface area contributed by atoms with Gasteiger partial charge in [0.2, 0.25) is 0 Å². The molecule has 0 saturated carbocycles. The van der Waals surface area contributed by atoms with Gasteiger partial charge in [0.25, 0.3) is 5.91 Å². The molecule has 24 heavy (non-hydrogen) atoms. The number of rotatable bonds is 4. The Kier molecular flexibility index (Phi) is 4.71. The molecular formula is C21H20N2O. The number of nitrogens with zero attached hydrogens (tertiary/aromatic N) is 1. The minimum absolute atomic E-state index is 0.199. The Morgan fingerprint density at radius 3 is 2.21 bits per heavy atom. The number of benzene rings is 3. The summed E-state index contributed by atoms with van der Waals surface area (Å²) in [5, 5.41) is 6.53. The minimum atomic E-state index is -0.199. The van der Waals surface area contributed by atoms with Crippen LogP contribution < -0.4 is 5.43 Å². The average Bonchev–Trinajstić information content (AvgIpc) is 2.62. The largest absolute Gasteiger partial charge is 0.271 e. The molecule has 0 aliphatic heterocycles. The van der Waals surface area contributed by atoms with E-state index in [4.69, 9.17) is 0 Å². The molecule has 3 aromatic rings. The monoisotopic (exact) mass is 316 g/mol. The molecule has 3 nitrogen and oxygen atoms in total. The van der Waals surface area contributed by atoms with E-state index in [-0.39, 0.29) is 11.8 Å². The van der Waals surface area contributed by atoms with Crippen LogP contribution >= 0.6 is 0 Å². The maximum Gasteiger partial charge on any atom is 0.271 e. The Hall–Kier alpha value is -2.94. The van der Waals surface area contributed by atoms with Gasteiger partial charge in [-0.05, 0) is 34.4 Å². The summed E-state index contributed by atoms with van der Waals surface area (Å²) < 4.78 is 0. The second kappa shape index (κ2) is 7.09. The van der Waals surface area contributed by atoms with Crippen molar-refractivity contribution in [2.75, 3.05) is 0 Å². The Morgan fingerprint density at radius 2 is 1.50 bits per heavy atom. The first-order valence-electron chi connectivity index (χ1n) is 8.07. The standard InChI is InChI=1S/C21H20N2O/c1-15(2)20(17-9-4-3-5-10-17)22-23-21(24)19-13-12-16-8-6-7-11-18(16)14-19/h3-15H,1-2H3,(H,23,24)/b22-20-. The summed E-state index contributed by atoms with van der Waals surface area (Å²) in [4.78, 5) is 12.4. The van der Waals surface area contributed by atoms with Crippen molar-refractivity contribution in [2.45, 2.75) is 13.8 Å². The molecule has 3 aromatic carbocycles. The fourth-order valence-corrected chi connectivity index (χ4v) is 2.64. The normalized spacial score (nSPS) is 11.7. The number of hydrogen-bond acceptors (Lipinski definition) is 2. The van der Waals surface area contributed by atoms with Crippen LogP contribution in [0.1, 0.15) is 29.8 Å². The highest BCUT2D eigenvalue weighted by Gasteiger charge is 2.10. The zero-order valence-corrected chi connectivity index (χ0v) is 13.9. The number of amides is 1. The lowest BCUT2D eigenvalue weighted by atomic mass is 10.0. The molecule has 1 N–H and O–H groups in total. The molecule has 0 aliphatic carbocycles. The Balaban J connectivity index is 1.84. The first-order valence-corrected chi connectivity index (χ1v) is 8.07. The summed E-state index contributed by atoms with van der Waals surface area (Å²) in [6, 6.07) is 23.6. The topological polar surface area (TPSA) is 41.5 Å². The fraction of sp³-hybridized carbons (Fsp3) is 0.143. The van der Waals surface area contributed by atoms with Crippen molar-refractivity contribution >= 4 is 22.4 Å². The van der Waals surface area contributed by atoms with Crippen LogP contribution in [0.5, 0.6) is 0 Å². The van der Waals surface area contributed by atoms with Crippen molar-refractivity contribution < 1.29 is 4.79 Å². The van der Waals surface area contributed by atoms with Crippen molar-refractivity contribution in [3.05, 3.63) is 83.9 Å². The maximum atomic E-state index is 12.4. The van der Waals surface area contributed by atoms with Crippen LogP contribution in [-0.4, -0.2) is 11.6 Å². The molecule has 0 saturated heterocycles. The van der Waals surface area contributed by atoms with Crippen LogP contribution in [0.25, 0.3) is 10.8 Å². The van der Waals surface area contributed by atoms with E-state index in [1.165, 1.54) is 0 Å². The van der Waals surface area contributed by atoms with Gasteiger partial charge in [-0.25, -0.2) is 5.43 Å². The first kappa shape index (κ1) is 15.9. The van der Waals surface area contributed by atoms with Gasteiger partial charge >= 0.3 is 0 Å². The molecule has 3 heteroatoms. The summed E-state index contributed by atoms with van der Waals surface area (Å²) in [6.07, 6.45) is 0. The summed E-state index contributed by atoms with van der Waals surface area (Å²) in [5.41, 5.74) is 5.18. The molecule has 0 aromatic heterocycles. The van der Waals surface area contributed by atoms with Crippen molar-refractivity contribution in [1.29, 1.82) is 0 Å². The van der Waals surface area contributed by atoms with E-state index in [0.29, 0.717) is 5.56 Å². The number of hydrogen-bond donors (Lipinski definition) is 1. The van der Waals surface area contributed by atoms with Crippen LogP contribution in [0.3, 0.4) is 0 Å². The molecule has 0 heterocycles. The molecule has 3 rings (SSSR count). The van der Waals surface area contributed by atoms with E-state index < -0.39 is 0 Å². The van der Waals surface area contributed by atoms with Crippen LogP contribution in [0.2, 0.25) is 0 Å². The van der Waals surface area contributed by atoms with Gasteiger partial charge in [0.1, 0.15) is 0 Å². The molecular weight excluding hydrogens is 296 g/mol. The molecule has 0 aliphatic rings. The van der Waals surface area contributed by atoms with Gasteiger partial charge in [-0.2, -0.15) is 5.10 Å². The predicted molar refractivity (Wildman–Crippen MR) is 99.2 cm³/mol. The molecule has 120 valence electrons. The number of fused-ring (bicyclic) bond motifs is 1. The average molecular weight is 316 g/mol. The maximum absolute atomic E-state index is 12.4. The van der Waals surface area contributed by atoms with Gasteiger partial charge in [0.05, 0.1) is 5.71 Å². The van der Waals surface area contributed by atoms with E-state index >= 15 is 0 Å². The molecule has 0 unspecified atom stereocenters. The smallest absolute Gasteiger partial charge is 0.267 e. The third-order valence-corrected chi connectivity index (χ3v) is 3.91. The van der Waals surface area contributed by atoms with Crippen LogP contribution in [-0.2, 0) is 0 Å². The quantitative estimate of drug-likeness (QED) is 0.553. The summed E-state index contributed by atoms with van der Waals surface area (Å²) in [7, 11) is 0. The summed E-state index contributed by atoms with van der Waals surface area (Å²) in [5.74, 6) is 0.0131. The minimum Gasteiger partial charge on any atom is -0.267 e. The number of carbonyl (C=O) groups excluding carboxylic acids is 1. The molecule has 1 amide bonds. The molecule has 0 atom stereocenters. The third-order valence-electron chi connectivity index (χ3n) is 3.91. The fourth-order valence-electron chi connectivity index (χ4n) is 2.64. The highest BCUT2D eigenvalue weighted by atomic mass is 16.2. The van der Waals surface area contributed by atoms with E-state index in [9.17, 15) is 4.79 Å². The van der Waals surface area contributed by atoms with Gasteiger partial charge in [0, 0.05) is 5.56 Å². The SMILES string of the molecule is CC(C)/C(=N/NC(=O)c1ccc2ccccc2c1)c1ccccc1. The second-order valence-electron chi connectivity index (χ2n) is 6.02. The van der Waals surface area contributed by atoms with Gasteiger partial charge in [-0.1, -0.05) is 74.5 Å². The van der Waals surface area contributed by atoms with Crippen molar-refractivity contribution in [2.24, 2.45) is 11.0 Å². The van der Waals surface area contributed by atoms with Crippen molar-refractivity contribution in [1.82, 2.24) is 5.43 Å². The van der Waals surface area contributed by atoms with Gasteiger partial charge in [-0.15, -0.1) is 0 Å². The lowest BCUT2D eigenvalue weighted by molar-refractivity contribution is 0.0955. The highest BCUT2D eigenvalue weighted by Crippen LogP contribution is 2.16. The zero-order valence-electron chi connectivity index (χ0n) is 13.9. The lowest BCUT2D eigenvalue weighted by Gasteiger charge is -2.11. The highest BCUT2D eigenvalue weighted by molar-refractivity contribution is 6.04. The van der Waals surface area contributed by atoms with E-state index in [1.807, 2.05) is 72.8 Å². The van der Waals surface area contributed by atoms with Crippen LogP contribution in [0.15, 0.2) is 77.9 Å². The van der Waals surface area contributed by atoms with E-state index in [1.54, 1.807) is 0 Å². The Morgan fingerprint density at radius 1 is 0.833 bits per heavy atom. The second-order valence-corrected chi connectivity index (χ2v) is 6.02. The molecule has 0 bridgehead atoms. The molecule has 0 fully saturated rings. The van der Waals surface area contributed by atoms with E-state index in [0.717, 1.165) is 22.0 Å². The van der Waals surface area contributed by atoms with Crippen molar-refractivity contribution in [3.8, 4) is 0 Å². The predicted octanol–water partition coefficient (Wildman–Crippen LogP) is 4.63. The van der Waals surface area contributed by atoms with Crippen molar-refractivity contribution in [3.63, 3.8) is 0 Å². The Labute approximate surface area is 142 Å². The van der Waals surface area contributed by atoms with E-state index in [2.05, 4.69) is 24.4 Å². The first-order chi connectivity index (χ1) is 11.6. The zero-order chi connectivity index (χ0) is 16.9. The number of carbonyl (C=O) groups is 1. The molecule has 0 radical (unpaired) electrons. The summed E-state index contributed by atoms with van der Waals surface area (Å²) >= 11 is 0. The lowest BCUT2D eigenvalue weighted by Crippen LogP contribution is -2.22. The molecule has 0 spiro atoms. The van der Waals surface area contributed by atoms with Crippen LogP contribution in [0, 0.1) is 5.92 Å². The van der Waals surface area contributed by atoms with Gasteiger partial charge in [0.15, 0.2) is 0 Å². The Bertz CT molecular complexity index is 882. The number of hydrazone groups is 1.